The number of nitrogens with zero attached hydrogens (tertiary/aromatic N) is 3. The Labute approximate surface area is 101 Å². The van der Waals surface area contributed by atoms with Gasteiger partial charge in [-0.15, -0.1) is 0 Å². The van der Waals surface area contributed by atoms with Crippen molar-refractivity contribution in [2.75, 3.05) is 13.1 Å². The van der Waals surface area contributed by atoms with Crippen LogP contribution in [0.1, 0.15) is 36.5 Å². The van der Waals surface area contributed by atoms with Gasteiger partial charge in [0.2, 0.25) is 0 Å². The largest absolute Gasteiger partial charge is 0.390 e. The molecule has 0 aliphatic carbocycles. The maximum atomic E-state index is 12.2. The van der Waals surface area contributed by atoms with Crippen molar-refractivity contribution in [1.82, 2.24) is 14.7 Å². The van der Waals surface area contributed by atoms with Gasteiger partial charge in [0, 0.05) is 26.3 Å². The van der Waals surface area contributed by atoms with E-state index in [1.165, 1.54) is 0 Å². The molecule has 5 heteroatoms. The molecule has 1 unspecified atom stereocenters. The molecule has 94 valence electrons. The van der Waals surface area contributed by atoms with Crippen LogP contribution in [0.15, 0.2) is 12.4 Å². The van der Waals surface area contributed by atoms with Crippen LogP contribution in [0.3, 0.4) is 0 Å². The first-order valence-electron chi connectivity index (χ1n) is 5.98. The summed E-state index contributed by atoms with van der Waals surface area (Å²) in [5.41, 5.74) is -0.0155. The molecule has 1 aliphatic rings. The molecule has 1 atom stereocenters. The van der Waals surface area contributed by atoms with Crippen molar-refractivity contribution in [3.05, 3.63) is 18.0 Å². The molecular formula is C12H19N3O2. The molecule has 1 N–H and O–H groups in total. The lowest BCUT2D eigenvalue weighted by Crippen LogP contribution is -2.33. The second-order valence-electron chi connectivity index (χ2n) is 5.05. The van der Waals surface area contributed by atoms with Gasteiger partial charge in [-0.3, -0.25) is 9.48 Å². The number of hydrogen-bond acceptors (Lipinski definition) is 3. The van der Waals surface area contributed by atoms with E-state index < -0.39 is 5.60 Å². The number of aliphatic hydroxyl groups is 1. The summed E-state index contributed by atoms with van der Waals surface area (Å²) >= 11 is 0. The minimum absolute atomic E-state index is 0.0100. The van der Waals surface area contributed by atoms with Gasteiger partial charge in [-0.2, -0.15) is 5.10 Å². The minimum Gasteiger partial charge on any atom is -0.390 e. The summed E-state index contributed by atoms with van der Waals surface area (Å²) in [5, 5.41) is 14.0. The monoisotopic (exact) mass is 237 g/mol. The number of amides is 1. The number of carbonyl (C=O) groups is 1. The number of carbonyl (C=O) groups excluding carboxylic acids is 1. The summed E-state index contributed by atoms with van der Waals surface area (Å²) in [7, 11) is 1.80. The summed E-state index contributed by atoms with van der Waals surface area (Å²) < 4.78 is 1.63. The number of aryl methyl sites for hydroxylation is 1. The minimum atomic E-state index is -0.635. The molecule has 1 amide bonds. The lowest BCUT2D eigenvalue weighted by Gasteiger charge is -2.22. The fraction of sp³-hybridized carbons (Fsp3) is 0.667. The van der Waals surface area contributed by atoms with E-state index in [1.807, 2.05) is 6.92 Å². The summed E-state index contributed by atoms with van der Waals surface area (Å²) in [5.74, 6) is 0.0100. The molecule has 2 heterocycles. The predicted octanol–water partition coefficient (Wildman–Crippen LogP) is 0.797. The van der Waals surface area contributed by atoms with Crippen LogP contribution < -0.4 is 0 Å². The fourth-order valence-corrected chi connectivity index (χ4v) is 2.18. The van der Waals surface area contributed by atoms with E-state index >= 15 is 0 Å². The Hall–Kier alpha value is -1.36. The average molecular weight is 237 g/mol. The third-order valence-corrected chi connectivity index (χ3v) is 3.30. The molecule has 1 aliphatic heterocycles. The van der Waals surface area contributed by atoms with Crippen molar-refractivity contribution in [2.24, 2.45) is 7.05 Å². The van der Waals surface area contributed by atoms with Crippen molar-refractivity contribution in [2.45, 2.75) is 31.8 Å². The number of likely N-dealkylation sites (tertiary alicyclic amines) is 1. The first-order valence-corrected chi connectivity index (χ1v) is 5.98. The van der Waals surface area contributed by atoms with Crippen LogP contribution in [-0.2, 0) is 7.05 Å². The number of hydrogen-bond donors (Lipinski definition) is 1. The van der Waals surface area contributed by atoms with Gasteiger partial charge in [0.05, 0.1) is 17.4 Å². The highest BCUT2D eigenvalue weighted by atomic mass is 16.3. The Morgan fingerprint density at radius 1 is 1.47 bits per heavy atom. The predicted molar refractivity (Wildman–Crippen MR) is 63.6 cm³/mol. The molecule has 2 rings (SSSR count). The zero-order valence-electron chi connectivity index (χ0n) is 10.4. The zero-order chi connectivity index (χ0) is 12.5. The quantitative estimate of drug-likeness (QED) is 0.786. The van der Waals surface area contributed by atoms with Crippen LogP contribution in [0.2, 0.25) is 0 Å². The van der Waals surface area contributed by atoms with Gasteiger partial charge in [0.1, 0.15) is 0 Å². The molecule has 0 saturated carbocycles. The van der Waals surface area contributed by atoms with Gasteiger partial charge in [-0.05, 0) is 26.2 Å². The summed E-state index contributed by atoms with van der Waals surface area (Å²) in [4.78, 5) is 14.0. The van der Waals surface area contributed by atoms with Gasteiger partial charge >= 0.3 is 0 Å². The van der Waals surface area contributed by atoms with Gasteiger partial charge in [0.25, 0.3) is 5.91 Å². The van der Waals surface area contributed by atoms with Gasteiger partial charge in [-0.25, -0.2) is 0 Å². The third kappa shape index (κ3) is 2.85. The molecule has 0 bridgehead atoms. The van der Waals surface area contributed by atoms with Crippen molar-refractivity contribution in [1.29, 1.82) is 0 Å². The maximum absolute atomic E-state index is 12.2. The van der Waals surface area contributed by atoms with Gasteiger partial charge < -0.3 is 10.0 Å². The molecule has 1 saturated heterocycles. The van der Waals surface area contributed by atoms with E-state index in [0.717, 1.165) is 12.8 Å². The van der Waals surface area contributed by atoms with Crippen LogP contribution in [0.25, 0.3) is 0 Å². The molecule has 1 aromatic rings. The second kappa shape index (κ2) is 4.49. The molecule has 17 heavy (non-hydrogen) atoms. The topological polar surface area (TPSA) is 58.4 Å². The summed E-state index contributed by atoms with van der Waals surface area (Å²) in [6, 6.07) is 0. The standard InChI is InChI=1S/C12H19N3O2/c1-12(17)4-3-6-15(7-5-12)11(16)10-8-13-14(2)9-10/h8-9,17H,3-7H2,1-2H3. The summed E-state index contributed by atoms with van der Waals surface area (Å²) in [6.45, 7) is 3.16. The van der Waals surface area contributed by atoms with Crippen molar-refractivity contribution >= 4 is 5.91 Å². The van der Waals surface area contributed by atoms with Crippen LogP contribution in [-0.4, -0.2) is 44.4 Å². The molecule has 0 radical (unpaired) electrons. The third-order valence-electron chi connectivity index (χ3n) is 3.30. The fourth-order valence-electron chi connectivity index (χ4n) is 2.18. The SMILES string of the molecule is Cn1cc(C(=O)N2CCCC(C)(O)CC2)cn1. The second-order valence-corrected chi connectivity index (χ2v) is 5.05. The molecule has 1 fully saturated rings. The lowest BCUT2D eigenvalue weighted by atomic mass is 9.98. The molecular weight excluding hydrogens is 218 g/mol. The molecule has 5 nitrogen and oxygen atoms in total. The van der Waals surface area contributed by atoms with Crippen LogP contribution >= 0.6 is 0 Å². The van der Waals surface area contributed by atoms with Crippen LogP contribution in [0, 0.1) is 0 Å². The van der Waals surface area contributed by atoms with Crippen LogP contribution in [0.4, 0.5) is 0 Å². The van der Waals surface area contributed by atoms with E-state index in [4.69, 9.17) is 0 Å². The molecule has 0 aromatic carbocycles. The van der Waals surface area contributed by atoms with Crippen molar-refractivity contribution in [3.8, 4) is 0 Å². The molecule has 1 aromatic heterocycles. The van der Waals surface area contributed by atoms with E-state index in [1.54, 1.807) is 29.0 Å². The molecule has 0 spiro atoms. The smallest absolute Gasteiger partial charge is 0.257 e. The van der Waals surface area contributed by atoms with E-state index in [2.05, 4.69) is 5.10 Å². The van der Waals surface area contributed by atoms with Gasteiger partial charge in [0.15, 0.2) is 0 Å². The number of rotatable bonds is 1. The Balaban J connectivity index is 2.05. The first-order chi connectivity index (χ1) is 7.98. The first kappa shape index (κ1) is 12.1. The highest BCUT2D eigenvalue weighted by molar-refractivity contribution is 5.93. The Morgan fingerprint density at radius 3 is 2.88 bits per heavy atom. The van der Waals surface area contributed by atoms with E-state index in [0.29, 0.717) is 25.1 Å². The Morgan fingerprint density at radius 2 is 2.24 bits per heavy atom. The van der Waals surface area contributed by atoms with Crippen molar-refractivity contribution in [3.63, 3.8) is 0 Å². The van der Waals surface area contributed by atoms with Gasteiger partial charge in [-0.1, -0.05) is 0 Å². The Bertz CT molecular complexity index is 412. The maximum Gasteiger partial charge on any atom is 0.257 e. The van der Waals surface area contributed by atoms with E-state index in [-0.39, 0.29) is 5.91 Å². The van der Waals surface area contributed by atoms with Crippen LogP contribution in [0.5, 0.6) is 0 Å². The average Bonchev–Trinajstić information content (AvgIpc) is 2.60. The van der Waals surface area contributed by atoms with Crippen molar-refractivity contribution < 1.29 is 9.90 Å². The normalized spacial score (nSPS) is 25.7. The van der Waals surface area contributed by atoms with E-state index in [9.17, 15) is 9.90 Å². The zero-order valence-corrected chi connectivity index (χ0v) is 10.4. The summed E-state index contributed by atoms with van der Waals surface area (Å²) in [6.07, 6.45) is 5.55. The highest BCUT2D eigenvalue weighted by Gasteiger charge is 2.27. The number of aromatic nitrogens is 2. The lowest BCUT2D eigenvalue weighted by molar-refractivity contribution is 0.0438. The Kier molecular flexibility index (Phi) is 3.19. The highest BCUT2D eigenvalue weighted by Crippen LogP contribution is 2.22.